The zero-order valence-corrected chi connectivity index (χ0v) is 16.7. The van der Waals surface area contributed by atoms with Crippen molar-refractivity contribution in [1.29, 1.82) is 0 Å². The molecule has 2 aromatic heterocycles. The molecule has 0 bridgehead atoms. The summed E-state index contributed by atoms with van der Waals surface area (Å²) in [6, 6.07) is 3.91. The number of likely N-dealkylation sites (tertiary alicyclic amines) is 1. The van der Waals surface area contributed by atoms with Crippen LogP contribution >= 0.6 is 0 Å². The maximum absolute atomic E-state index is 12.2. The van der Waals surface area contributed by atoms with E-state index in [1.165, 1.54) is 38.0 Å². The largest absolute Gasteiger partial charge is 0.328 e. The van der Waals surface area contributed by atoms with E-state index in [0.717, 1.165) is 23.5 Å². The minimum Gasteiger partial charge on any atom is -0.303 e. The molecule has 2 fully saturated rings. The number of carbonyl (C=O) groups excluding carboxylic acids is 2. The van der Waals surface area contributed by atoms with Crippen LogP contribution in [0.25, 0.3) is 5.52 Å². The van der Waals surface area contributed by atoms with Gasteiger partial charge in [-0.1, -0.05) is 13.8 Å². The molecule has 0 unspecified atom stereocenters. The Morgan fingerprint density at radius 1 is 1.21 bits per heavy atom. The fourth-order valence-corrected chi connectivity index (χ4v) is 4.36. The van der Waals surface area contributed by atoms with Crippen LogP contribution in [0.3, 0.4) is 0 Å². The SMILES string of the molecule is CC(C)CN1CCC(Cc2ccn3ncc(N4CCC(=O)NC4=O)c3c2)CC1. The van der Waals surface area contributed by atoms with Crippen molar-refractivity contribution in [3.8, 4) is 0 Å². The standard InChI is InChI=1S/C21H29N5O2/c1-15(2)14-24-7-3-16(4-8-24)11-17-5-10-26-18(12-17)19(13-22-26)25-9-6-20(27)23-21(25)28/h5,10,12-13,15-16H,3-4,6-9,11,14H2,1-2H3,(H,23,27,28). The molecule has 0 aliphatic carbocycles. The first-order valence-electron chi connectivity index (χ1n) is 10.3. The highest BCUT2D eigenvalue weighted by Gasteiger charge is 2.27. The molecular weight excluding hydrogens is 354 g/mol. The zero-order valence-electron chi connectivity index (χ0n) is 16.7. The van der Waals surface area contributed by atoms with Gasteiger partial charge < -0.3 is 4.90 Å². The number of imide groups is 1. The number of nitrogens with one attached hydrogen (secondary N) is 1. The Balaban J connectivity index is 1.46. The van der Waals surface area contributed by atoms with Crippen LogP contribution < -0.4 is 10.2 Å². The first-order chi connectivity index (χ1) is 13.5. The Morgan fingerprint density at radius 2 is 2.00 bits per heavy atom. The lowest BCUT2D eigenvalue weighted by atomic mass is 9.90. The molecule has 0 spiro atoms. The van der Waals surface area contributed by atoms with E-state index in [0.29, 0.717) is 18.9 Å². The minimum absolute atomic E-state index is 0.220. The van der Waals surface area contributed by atoms with E-state index >= 15 is 0 Å². The van der Waals surface area contributed by atoms with Crippen molar-refractivity contribution >= 4 is 23.1 Å². The van der Waals surface area contributed by atoms with Crippen molar-refractivity contribution in [2.24, 2.45) is 11.8 Å². The zero-order chi connectivity index (χ0) is 19.7. The highest BCUT2D eigenvalue weighted by atomic mass is 16.2. The molecule has 0 aromatic carbocycles. The molecule has 4 heterocycles. The number of hydrogen-bond donors (Lipinski definition) is 1. The van der Waals surface area contributed by atoms with Crippen molar-refractivity contribution in [3.05, 3.63) is 30.1 Å². The summed E-state index contributed by atoms with van der Waals surface area (Å²) in [5.41, 5.74) is 2.96. The van der Waals surface area contributed by atoms with Gasteiger partial charge in [-0.15, -0.1) is 0 Å². The third-order valence-corrected chi connectivity index (χ3v) is 5.77. The second-order valence-corrected chi connectivity index (χ2v) is 8.49. The number of piperidine rings is 1. The highest BCUT2D eigenvalue weighted by Crippen LogP contribution is 2.27. The van der Waals surface area contributed by atoms with E-state index in [2.05, 4.69) is 41.3 Å². The Hall–Kier alpha value is -2.41. The van der Waals surface area contributed by atoms with Crippen LogP contribution in [0.1, 0.15) is 38.7 Å². The number of amides is 3. The van der Waals surface area contributed by atoms with Crippen molar-refractivity contribution in [1.82, 2.24) is 19.8 Å². The van der Waals surface area contributed by atoms with Crippen LogP contribution in [0.5, 0.6) is 0 Å². The Bertz CT molecular complexity index is 867. The number of aromatic nitrogens is 2. The Labute approximate surface area is 165 Å². The predicted molar refractivity (Wildman–Crippen MR) is 108 cm³/mol. The number of fused-ring (bicyclic) bond motifs is 1. The number of nitrogens with zero attached hydrogens (tertiary/aromatic N) is 4. The molecule has 0 atom stereocenters. The number of anilines is 1. The molecule has 28 heavy (non-hydrogen) atoms. The Morgan fingerprint density at radius 3 is 2.71 bits per heavy atom. The third-order valence-electron chi connectivity index (χ3n) is 5.77. The average Bonchev–Trinajstić information content (AvgIpc) is 3.06. The lowest BCUT2D eigenvalue weighted by Gasteiger charge is -2.33. The van der Waals surface area contributed by atoms with Gasteiger partial charge in [-0.05, 0) is 61.9 Å². The molecule has 3 amide bonds. The summed E-state index contributed by atoms with van der Waals surface area (Å²) in [6.45, 7) is 8.52. The first-order valence-corrected chi connectivity index (χ1v) is 10.3. The van der Waals surface area contributed by atoms with E-state index in [1.54, 1.807) is 15.6 Å². The van der Waals surface area contributed by atoms with Crippen LogP contribution in [0.15, 0.2) is 24.5 Å². The summed E-state index contributed by atoms with van der Waals surface area (Å²) in [4.78, 5) is 27.8. The summed E-state index contributed by atoms with van der Waals surface area (Å²) in [7, 11) is 0. The number of pyridine rings is 1. The number of urea groups is 1. The van der Waals surface area contributed by atoms with E-state index in [9.17, 15) is 9.59 Å². The molecule has 2 aliphatic rings. The molecular formula is C21H29N5O2. The summed E-state index contributed by atoms with van der Waals surface area (Å²) in [6.07, 6.45) is 7.52. The molecule has 7 heteroatoms. The maximum Gasteiger partial charge on any atom is 0.328 e. The summed E-state index contributed by atoms with van der Waals surface area (Å²) >= 11 is 0. The topological polar surface area (TPSA) is 70.0 Å². The third kappa shape index (κ3) is 4.04. The van der Waals surface area contributed by atoms with Gasteiger partial charge in [0.1, 0.15) is 0 Å². The van der Waals surface area contributed by atoms with E-state index in [4.69, 9.17) is 0 Å². The fourth-order valence-electron chi connectivity index (χ4n) is 4.36. The van der Waals surface area contributed by atoms with E-state index < -0.39 is 0 Å². The summed E-state index contributed by atoms with van der Waals surface area (Å²) in [5, 5.41) is 6.76. The maximum atomic E-state index is 12.2. The van der Waals surface area contributed by atoms with Crippen LogP contribution in [-0.2, 0) is 11.2 Å². The van der Waals surface area contributed by atoms with Gasteiger partial charge in [0, 0.05) is 25.7 Å². The monoisotopic (exact) mass is 383 g/mol. The van der Waals surface area contributed by atoms with Gasteiger partial charge in [0.2, 0.25) is 5.91 Å². The van der Waals surface area contributed by atoms with Crippen molar-refractivity contribution < 1.29 is 9.59 Å². The fraction of sp³-hybridized carbons (Fsp3) is 0.571. The first kappa shape index (κ1) is 18.9. The molecule has 7 nitrogen and oxygen atoms in total. The van der Waals surface area contributed by atoms with Crippen molar-refractivity contribution in [2.75, 3.05) is 31.1 Å². The molecule has 0 radical (unpaired) electrons. The highest BCUT2D eigenvalue weighted by molar-refractivity contribution is 6.07. The molecule has 1 N–H and O–H groups in total. The number of carbonyl (C=O) groups is 2. The van der Waals surface area contributed by atoms with Gasteiger partial charge in [-0.25, -0.2) is 9.31 Å². The molecule has 150 valence electrons. The molecule has 4 rings (SSSR count). The van der Waals surface area contributed by atoms with Gasteiger partial charge in [0.15, 0.2) is 0 Å². The minimum atomic E-state index is -0.367. The summed E-state index contributed by atoms with van der Waals surface area (Å²) in [5.74, 6) is 1.21. The van der Waals surface area contributed by atoms with Gasteiger partial charge in [0.25, 0.3) is 0 Å². The lowest BCUT2D eigenvalue weighted by molar-refractivity contribution is -0.120. The molecule has 2 aromatic rings. The van der Waals surface area contributed by atoms with Gasteiger partial charge in [-0.3, -0.25) is 15.0 Å². The Kier molecular flexibility index (Phi) is 5.35. The van der Waals surface area contributed by atoms with E-state index in [-0.39, 0.29) is 11.9 Å². The molecule has 2 saturated heterocycles. The average molecular weight is 383 g/mol. The van der Waals surface area contributed by atoms with Gasteiger partial charge in [-0.2, -0.15) is 5.10 Å². The molecule has 2 aliphatic heterocycles. The number of hydrogen-bond acceptors (Lipinski definition) is 4. The van der Waals surface area contributed by atoms with Crippen molar-refractivity contribution in [3.63, 3.8) is 0 Å². The van der Waals surface area contributed by atoms with Crippen LogP contribution in [-0.4, -0.2) is 52.6 Å². The number of rotatable bonds is 5. The second kappa shape index (κ2) is 7.91. The van der Waals surface area contributed by atoms with Gasteiger partial charge >= 0.3 is 6.03 Å². The lowest BCUT2D eigenvalue weighted by Crippen LogP contribution is -2.49. The van der Waals surface area contributed by atoms with Crippen molar-refractivity contribution in [2.45, 2.75) is 39.5 Å². The van der Waals surface area contributed by atoms with Crippen LogP contribution in [0.4, 0.5) is 10.5 Å². The second-order valence-electron chi connectivity index (χ2n) is 8.49. The van der Waals surface area contributed by atoms with Crippen LogP contribution in [0.2, 0.25) is 0 Å². The summed E-state index contributed by atoms with van der Waals surface area (Å²) < 4.78 is 1.80. The smallest absolute Gasteiger partial charge is 0.303 e. The van der Waals surface area contributed by atoms with E-state index in [1.807, 2.05) is 6.20 Å². The quantitative estimate of drug-likeness (QED) is 0.862. The normalized spacial score (nSPS) is 19.6. The van der Waals surface area contributed by atoms with Crippen LogP contribution in [0, 0.1) is 11.8 Å². The molecule has 0 saturated carbocycles. The predicted octanol–water partition coefficient (Wildman–Crippen LogP) is 2.69. The van der Waals surface area contributed by atoms with Gasteiger partial charge in [0.05, 0.1) is 17.4 Å².